The molecule has 1 aliphatic rings. The van der Waals surface area contributed by atoms with Crippen LogP contribution in [0.4, 0.5) is 5.69 Å². The van der Waals surface area contributed by atoms with E-state index in [9.17, 15) is 4.79 Å². The van der Waals surface area contributed by atoms with Crippen LogP contribution in [0.5, 0.6) is 0 Å². The second-order valence-corrected chi connectivity index (χ2v) is 9.20. The van der Waals surface area contributed by atoms with Crippen LogP contribution in [0.1, 0.15) is 55.4 Å². The average molecular weight is 462 g/mol. The van der Waals surface area contributed by atoms with Gasteiger partial charge >= 0.3 is 0 Å². The van der Waals surface area contributed by atoms with Crippen molar-refractivity contribution in [2.24, 2.45) is 0 Å². The Kier molecular flexibility index (Phi) is 8.31. The van der Waals surface area contributed by atoms with Crippen LogP contribution in [-0.4, -0.2) is 47.1 Å². The number of aryl methyl sites for hydroxylation is 1. The number of para-hydroxylation sites is 1. The first kappa shape index (κ1) is 24.0. The van der Waals surface area contributed by atoms with Crippen LogP contribution >= 0.6 is 0 Å². The van der Waals surface area contributed by atoms with Crippen molar-refractivity contribution in [3.8, 4) is 0 Å². The van der Waals surface area contributed by atoms with Gasteiger partial charge in [0.2, 0.25) is 11.8 Å². The number of nitrogens with one attached hydrogen (secondary N) is 1. The lowest BCUT2D eigenvalue weighted by Crippen LogP contribution is -2.46. The van der Waals surface area contributed by atoms with Crippen LogP contribution in [-0.2, 0) is 24.3 Å². The van der Waals surface area contributed by atoms with E-state index in [1.165, 1.54) is 16.8 Å². The summed E-state index contributed by atoms with van der Waals surface area (Å²) in [6, 6.07) is 19.0. The summed E-state index contributed by atoms with van der Waals surface area (Å²) in [5.41, 5.74) is 3.76. The molecule has 0 bridgehead atoms. The molecule has 4 rings (SSSR count). The van der Waals surface area contributed by atoms with Gasteiger partial charge in [-0.05, 0) is 29.7 Å². The highest BCUT2D eigenvalue weighted by Gasteiger charge is 2.18. The third-order valence-corrected chi connectivity index (χ3v) is 6.28. The first-order chi connectivity index (χ1) is 16.6. The summed E-state index contributed by atoms with van der Waals surface area (Å²) in [5.74, 6) is 1.62. The summed E-state index contributed by atoms with van der Waals surface area (Å²) in [6.07, 6.45) is 1.76. The SMILES string of the molecule is CC(C)c1noc(CCCC(=O)NCc2ccccc2CN2CCN(c3ccccc3)CC2)n1. The molecule has 0 aliphatic carbocycles. The Morgan fingerprint density at radius 1 is 1.00 bits per heavy atom. The lowest BCUT2D eigenvalue weighted by molar-refractivity contribution is -0.121. The number of carbonyl (C=O) groups excluding carboxylic acids is 1. The van der Waals surface area contributed by atoms with Gasteiger partial charge in [0.15, 0.2) is 5.82 Å². The van der Waals surface area contributed by atoms with Crippen molar-refractivity contribution in [1.82, 2.24) is 20.4 Å². The van der Waals surface area contributed by atoms with E-state index in [0.29, 0.717) is 31.7 Å². The highest BCUT2D eigenvalue weighted by Crippen LogP contribution is 2.18. The smallest absolute Gasteiger partial charge is 0.226 e. The van der Waals surface area contributed by atoms with Gasteiger partial charge in [0.1, 0.15) is 0 Å². The summed E-state index contributed by atoms with van der Waals surface area (Å²) in [7, 11) is 0. The molecule has 2 heterocycles. The third-order valence-electron chi connectivity index (χ3n) is 6.28. The summed E-state index contributed by atoms with van der Waals surface area (Å²) in [6.45, 7) is 9.65. The zero-order chi connectivity index (χ0) is 23.8. The largest absolute Gasteiger partial charge is 0.369 e. The maximum Gasteiger partial charge on any atom is 0.226 e. The van der Waals surface area contributed by atoms with Crippen molar-refractivity contribution >= 4 is 11.6 Å². The van der Waals surface area contributed by atoms with Crippen LogP contribution in [0.2, 0.25) is 0 Å². The van der Waals surface area contributed by atoms with Gasteiger partial charge in [-0.1, -0.05) is 61.5 Å². The minimum absolute atomic E-state index is 0.0508. The van der Waals surface area contributed by atoms with Gasteiger partial charge in [0.05, 0.1) is 0 Å². The van der Waals surface area contributed by atoms with Gasteiger partial charge in [0, 0.05) is 63.7 Å². The first-order valence-corrected chi connectivity index (χ1v) is 12.3. The molecule has 7 heteroatoms. The zero-order valence-electron chi connectivity index (χ0n) is 20.2. The van der Waals surface area contributed by atoms with Gasteiger partial charge in [0.25, 0.3) is 0 Å². The Morgan fingerprint density at radius 2 is 1.71 bits per heavy atom. The summed E-state index contributed by atoms with van der Waals surface area (Å²) < 4.78 is 5.26. The molecule has 1 aromatic heterocycles. The number of hydrogen-bond acceptors (Lipinski definition) is 6. The maximum absolute atomic E-state index is 12.4. The monoisotopic (exact) mass is 461 g/mol. The minimum Gasteiger partial charge on any atom is -0.369 e. The molecule has 1 aliphatic heterocycles. The lowest BCUT2D eigenvalue weighted by atomic mass is 10.1. The molecule has 3 aromatic rings. The van der Waals surface area contributed by atoms with Crippen molar-refractivity contribution in [3.63, 3.8) is 0 Å². The Bertz CT molecular complexity index is 1040. The summed E-state index contributed by atoms with van der Waals surface area (Å²) >= 11 is 0. The third kappa shape index (κ3) is 6.67. The lowest BCUT2D eigenvalue weighted by Gasteiger charge is -2.36. The quantitative estimate of drug-likeness (QED) is 0.489. The van der Waals surface area contributed by atoms with Gasteiger partial charge in [-0.15, -0.1) is 0 Å². The molecule has 1 amide bonds. The molecule has 0 radical (unpaired) electrons. The van der Waals surface area contributed by atoms with Crippen LogP contribution < -0.4 is 10.2 Å². The second-order valence-electron chi connectivity index (χ2n) is 9.20. The number of rotatable bonds is 10. The maximum atomic E-state index is 12.4. The van der Waals surface area contributed by atoms with Crippen LogP contribution in [0.25, 0.3) is 0 Å². The van der Waals surface area contributed by atoms with Crippen molar-refractivity contribution in [1.29, 1.82) is 0 Å². The topological polar surface area (TPSA) is 74.5 Å². The molecule has 1 N–H and O–H groups in total. The molecule has 1 fully saturated rings. The number of anilines is 1. The Hall–Kier alpha value is -3.19. The first-order valence-electron chi connectivity index (χ1n) is 12.3. The van der Waals surface area contributed by atoms with Crippen molar-refractivity contribution in [3.05, 3.63) is 77.4 Å². The summed E-state index contributed by atoms with van der Waals surface area (Å²) in [5, 5.41) is 7.06. The van der Waals surface area contributed by atoms with E-state index < -0.39 is 0 Å². The molecule has 0 spiro atoms. The van der Waals surface area contributed by atoms with Gasteiger partial charge < -0.3 is 14.7 Å². The highest BCUT2D eigenvalue weighted by atomic mass is 16.5. The number of piperazine rings is 1. The number of aromatic nitrogens is 2. The van der Waals surface area contributed by atoms with E-state index in [1.54, 1.807) is 0 Å². The van der Waals surface area contributed by atoms with E-state index in [0.717, 1.165) is 38.5 Å². The molecule has 34 heavy (non-hydrogen) atoms. The molecule has 0 saturated carbocycles. The fraction of sp³-hybridized carbons (Fsp3) is 0.444. The van der Waals surface area contributed by atoms with Gasteiger partial charge in [-0.2, -0.15) is 4.98 Å². The number of hydrogen-bond donors (Lipinski definition) is 1. The number of amides is 1. The van der Waals surface area contributed by atoms with Crippen molar-refractivity contribution < 1.29 is 9.32 Å². The van der Waals surface area contributed by atoms with E-state index >= 15 is 0 Å². The Labute approximate surface area is 202 Å². The van der Waals surface area contributed by atoms with Crippen LogP contribution in [0.15, 0.2) is 59.1 Å². The van der Waals surface area contributed by atoms with Crippen LogP contribution in [0.3, 0.4) is 0 Å². The van der Waals surface area contributed by atoms with E-state index in [2.05, 4.69) is 73.8 Å². The predicted molar refractivity (Wildman–Crippen MR) is 134 cm³/mol. The van der Waals surface area contributed by atoms with Crippen molar-refractivity contribution in [2.75, 3.05) is 31.1 Å². The standard InChI is InChI=1S/C27H35N5O2/c1-21(2)27-29-26(34-30-27)14-8-13-25(33)28-19-22-9-6-7-10-23(22)20-31-15-17-32(18-16-31)24-11-4-3-5-12-24/h3-7,9-12,21H,8,13-20H2,1-2H3,(H,28,33). The Morgan fingerprint density at radius 3 is 2.41 bits per heavy atom. The summed E-state index contributed by atoms with van der Waals surface area (Å²) in [4.78, 5) is 21.7. The van der Waals surface area contributed by atoms with Crippen LogP contribution in [0, 0.1) is 0 Å². The predicted octanol–water partition coefficient (Wildman–Crippen LogP) is 4.15. The molecular formula is C27H35N5O2. The fourth-order valence-electron chi connectivity index (χ4n) is 4.21. The van der Waals surface area contributed by atoms with Crippen molar-refractivity contribution in [2.45, 2.75) is 52.1 Å². The normalized spacial score (nSPS) is 14.5. The average Bonchev–Trinajstić information content (AvgIpc) is 3.34. The number of benzene rings is 2. The molecule has 180 valence electrons. The molecule has 2 aromatic carbocycles. The molecule has 1 saturated heterocycles. The second kappa shape index (κ2) is 11.8. The zero-order valence-corrected chi connectivity index (χ0v) is 20.2. The molecule has 0 unspecified atom stereocenters. The molecule has 7 nitrogen and oxygen atoms in total. The van der Waals surface area contributed by atoms with E-state index in [1.807, 2.05) is 19.9 Å². The van der Waals surface area contributed by atoms with Gasteiger partial charge in [-0.3, -0.25) is 9.69 Å². The van der Waals surface area contributed by atoms with E-state index in [-0.39, 0.29) is 11.8 Å². The number of nitrogens with zero attached hydrogens (tertiary/aromatic N) is 4. The van der Waals surface area contributed by atoms with E-state index in [4.69, 9.17) is 4.52 Å². The number of carbonyl (C=O) groups is 1. The van der Waals surface area contributed by atoms with Gasteiger partial charge in [-0.25, -0.2) is 0 Å². The Balaban J connectivity index is 1.21. The minimum atomic E-state index is 0.0508. The fourth-order valence-corrected chi connectivity index (χ4v) is 4.21. The molecule has 0 atom stereocenters. The highest BCUT2D eigenvalue weighted by molar-refractivity contribution is 5.75. The molecular weight excluding hydrogens is 426 g/mol.